The first-order valence-corrected chi connectivity index (χ1v) is 7.14. The van der Waals surface area contributed by atoms with Gasteiger partial charge in [0.25, 0.3) is 0 Å². The van der Waals surface area contributed by atoms with Crippen molar-refractivity contribution >= 4 is 5.91 Å². The summed E-state index contributed by atoms with van der Waals surface area (Å²) in [7, 11) is 0. The normalized spacial score (nSPS) is 40.7. The third-order valence-corrected chi connectivity index (χ3v) is 4.51. The molecule has 1 saturated heterocycles. The molecular weight excluding hydrogens is 228 g/mol. The summed E-state index contributed by atoms with van der Waals surface area (Å²) in [6, 6.07) is 0. The van der Waals surface area contributed by atoms with E-state index in [9.17, 15) is 4.79 Å². The van der Waals surface area contributed by atoms with Crippen LogP contribution in [0.4, 0.5) is 0 Å². The number of rotatable bonds is 3. The quantitative estimate of drug-likeness (QED) is 0.803. The van der Waals surface area contributed by atoms with Crippen LogP contribution >= 0.6 is 0 Å². The van der Waals surface area contributed by atoms with Crippen molar-refractivity contribution in [3.8, 4) is 0 Å². The maximum absolute atomic E-state index is 12.3. The zero-order chi connectivity index (χ0) is 13.2. The van der Waals surface area contributed by atoms with Crippen molar-refractivity contribution < 1.29 is 9.53 Å². The van der Waals surface area contributed by atoms with Gasteiger partial charge in [-0.3, -0.25) is 4.79 Å². The van der Waals surface area contributed by atoms with Crippen molar-refractivity contribution in [3.05, 3.63) is 0 Å². The molecule has 0 aromatic heterocycles. The lowest BCUT2D eigenvalue weighted by Crippen LogP contribution is -2.54. The smallest absolute Gasteiger partial charge is 0.225 e. The van der Waals surface area contributed by atoms with Crippen molar-refractivity contribution in [3.63, 3.8) is 0 Å². The van der Waals surface area contributed by atoms with Crippen LogP contribution in [-0.2, 0) is 9.53 Å². The second kappa shape index (κ2) is 5.17. The number of hydrogen-bond donors (Lipinski definition) is 2. The summed E-state index contributed by atoms with van der Waals surface area (Å²) in [6.45, 7) is 5.50. The maximum atomic E-state index is 12.3. The van der Waals surface area contributed by atoms with Crippen LogP contribution in [0.2, 0.25) is 0 Å². The molecule has 1 saturated carbocycles. The highest BCUT2D eigenvalue weighted by atomic mass is 16.5. The second-order valence-electron chi connectivity index (χ2n) is 6.42. The highest BCUT2D eigenvalue weighted by Gasteiger charge is 2.39. The van der Waals surface area contributed by atoms with Gasteiger partial charge in [-0.25, -0.2) is 0 Å². The summed E-state index contributed by atoms with van der Waals surface area (Å²) in [6.07, 6.45) is 6.22. The van der Waals surface area contributed by atoms with E-state index in [-0.39, 0.29) is 23.0 Å². The molecule has 3 unspecified atom stereocenters. The Labute approximate surface area is 110 Å². The first-order valence-electron chi connectivity index (χ1n) is 7.14. The van der Waals surface area contributed by atoms with Gasteiger partial charge in [0.1, 0.15) is 0 Å². The fourth-order valence-corrected chi connectivity index (χ4v) is 3.16. The Hall–Kier alpha value is -0.610. The first kappa shape index (κ1) is 13.8. The lowest BCUT2D eigenvalue weighted by Gasteiger charge is -2.37. The number of nitrogens with two attached hydrogens (primary N) is 1. The van der Waals surface area contributed by atoms with E-state index in [0.29, 0.717) is 6.54 Å². The van der Waals surface area contributed by atoms with Gasteiger partial charge in [0.05, 0.1) is 11.5 Å². The standard InChI is InChI=1S/C14H26N2O2/c1-13(7-5-9-18-13)10-16-12(17)11-6-3-4-8-14(11,2)15/h11H,3-10,15H2,1-2H3,(H,16,17). The number of nitrogens with one attached hydrogen (secondary N) is 1. The number of ether oxygens (including phenoxy) is 1. The molecule has 4 nitrogen and oxygen atoms in total. The molecule has 1 aliphatic carbocycles. The van der Waals surface area contributed by atoms with Gasteiger partial charge < -0.3 is 15.8 Å². The molecule has 2 rings (SSSR count). The predicted molar refractivity (Wildman–Crippen MR) is 71.2 cm³/mol. The Balaban J connectivity index is 1.87. The third kappa shape index (κ3) is 3.04. The van der Waals surface area contributed by atoms with E-state index < -0.39 is 0 Å². The number of amides is 1. The van der Waals surface area contributed by atoms with Crippen LogP contribution in [-0.4, -0.2) is 30.2 Å². The molecule has 1 amide bonds. The van der Waals surface area contributed by atoms with E-state index in [2.05, 4.69) is 12.2 Å². The molecule has 0 radical (unpaired) electrons. The average Bonchev–Trinajstić information content (AvgIpc) is 2.73. The Morgan fingerprint density at radius 1 is 1.33 bits per heavy atom. The van der Waals surface area contributed by atoms with Crippen molar-refractivity contribution in [2.75, 3.05) is 13.2 Å². The molecule has 2 fully saturated rings. The van der Waals surface area contributed by atoms with Crippen molar-refractivity contribution in [2.24, 2.45) is 11.7 Å². The molecule has 0 aromatic rings. The van der Waals surface area contributed by atoms with Crippen LogP contribution in [0.3, 0.4) is 0 Å². The van der Waals surface area contributed by atoms with Gasteiger partial charge in [0.15, 0.2) is 0 Å². The highest BCUT2D eigenvalue weighted by molar-refractivity contribution is 5.80. The minimum absolute atomic E-state index is 0.0451. The molecule has 1 aliphatic heterocycles. The summed E-state index contributed by atoms with van der Waals surface area (Å²) in [5, 5.41) is 3.05. The van der Waals surface area contributed by atoms with Gasteiger partial charge in [-0.05, 0) is 39.5 Å². The second-order valence-corrected chi connectivity index (χ2v) is 6.42. The summed E-state index contributed by atoms with van der Waals surface area (Å²) in [5.74, 6) is 0.0627. The Morgan fingerprint density at radius 2 is 2.11 bits per heavy atom. The van der Waals surface area contributed by atoms with Crippen molar-refractivity contribution in [2.45, 2.75) is 63.5 Å². The van der Waals surface area contributed by atoms with E-state index in [4.69, 9.17) is 10.5 Å². The SMILES string of the molecule is CC1(CNC(=O)C2CCCCC2(C)N)CCCO1. The van der Waals surface area contributed by atoms with Crippen LogP contribution in [0.5, 0.6) is 0 Å². The molecule has 104 valence electrons. The molecule has 4 heteroatoms. The van der Waals surface area contributed by atoms with E-state index in [1.54, 1.807) is 0 Å². The predicted octanol–water partition coefficient (Wildman–Crippen LogP) is 1.58. The third-order valence-electron chi connectivity index (χ3n) is 4.51. The van der Waals surface area contributed by atoms with E-state index in [0.717, 1.165) is 45.1 Å². The Morgan fingerprint density at radius 3 is 2.72 bits per heavy atom. The maximum Gasteiger partial charge on any atom is 0.225 e. The number of carbonyl (C=O) groups is 1. The molecule has 3 N–H and O–H groups in total. The van der Waals surface area contributed by atoms with Gasteiger partial charge >= 0.3 is 0 Å². The fourth-order valence-electron chi connectivity index (χ4n) is 3.16. The summed E-state index contributed by atoms with van der Waals surface area (Å²) >= 11 is 0. The zero-order valence-electron chi connectivity index (χ0n) is 11.6. The molecule has 0 bridgehead atoms. The van der Waals surface area contributed by atoms with Gasteiger partial charge in [-0.1, -0.05) is 12.8 Å². The number of hydrogen-bond acceptors (Lipinski definition) is 3. The fraction of sp³-hybridized carbons (Fsp3) is 0.929. The Kier molecular flexibility index (Phi) is 3.97. The monoisotopic (exact) mass is 254 g/mol. The van der Waals surface area contributed by atoms with Crippen LogP contribution in [0, 0.1) is 5.92 Å². The molecule has 0 spiro atoms. The van der Waals surface area contributed by atoms with Crippen molar-refractivity contribution in [1.29, 1.82) is 0 Å². The van der Waals surface area contributed by atoms with Gasteiger partial charge in [-0.15, -0.1) is 0 Å². The summed E-state index contributed by atoms with van der Waals surface area (Å²) in [4.78, 5) is 12.3. The molecule has 18 heavy (non-hydrogen) atoms. The van der Waals surface area contributed by atoms with Crippen LogP contribution in [0.1, 0.15) is 52.4 Å². The van der Waals surface area contributed by atoms with E-state index in [1.807, 2.05) is 6.92 Å². The van der Waals surface area contributed by atoms with Gasteiger partial charge in [0, 0.05) is 18.7 Å². The Bertz CT molecular complexity index is 309. The summed E-state index contributed by atoms with van der Waals surface area (Å²) in [5.41, 5.74) is 5.73. The lowest BCUT2D eigenvalue weighted by atomic mass is 9.74. The minimum atomic E-state index is -0.347. The van der Waals surface area contributed by atoms with Crippen LogP contribution in [0.15, 0.2) is 0 Å². The van der Waals surface area contributed by atoms with Gasteiger partial charge in [-0.2, -0.15) is 0 Å². The van der Waals surface area contributed by atoms with Crippen LogP contribution < -0.4 is 11.1 Å². The van der Waals surface area contributed by atoms with E-state index >= 15 is 0 Å². The topological polar surface area (TPSA) is 64.4 Å². The van der Waals surface area contributed by atoms with Gasteiger partial charge in [0.2, 0.25) is 5.91 Å². The van der Waals surface area contributed by atoms with Crippen molar-refractivity contribution in [1.82, 2.24) is 5.32 Å². The highest BCUT2D eigenvalue weighted by Crippen LogP contribution is 2.32. The molecule has 0 aromatic carbocycles. The minimum Gasteiger partial charge on any atom is -0.373 e. The molecular formula is C14H26N2O2. The van der Waals surface area contributed by atoms with E-state index in [1.165, 1.54) is 0 Å². The molecule has 3 atom stereocenters. The van der Waals surface area contributed by atoms with Crippen LogP contribution in [0.25, 0.3) is 0 Å². The first-order chi connectivity index (χ1) is 8.43. The molecule has 2 aliphatic rings. The zero-order valence-corrected chi connectivity index (χ0v) is 11.6. The lowest BCUT2D eigenvalue weighted by molar-refractivity contribution is -0.129. The number of carbonyl (C=O) groups excluding carboxylic acids is 1. The largest absolute Gasteiger partial charge is 0.373 e. The summed E-state index contributed by atoms with van der Waals surface area (Å²) < 4.78 is 5.68. The molecule has 1 heterocycles. The average molecular weight is 254 g/mol.